The SMILES string of the molecule is C=Cc1ccc(C(C)=S)cc1. The summed E-state index contributed by atoms with van der Waals surface area (Å²) in [6.45, 7) is 5.60. The topological polar surface area (TPSA) is 0 Å². The van der Waals surface area contributed by atoms with E-state index in [0.29, 0.717) is 0 Å². The molecule has 0 N–H and O–H groups in total. The molecule has 0 bridgehead atoms. The molecule has 1 aromatic rings. The maximum absolute atomic E-state index is 5.02. The van der Waals surface area contributed by atoms with Crippen LogP contribution in [0.4, 0.5) is 0 Å². The molecule has 0 saturated heterocycles. The van der Waals surface area contributed by atoms with Gasteiger partial charge in [-0.2, -0.15) is 0 Å². The molecule has 0 unspecified atom stereocenters. The zero-order valence-corrected chi connectivity index (χ0v) is 7.32. The summed E-state index contributed by atoms with van der Waals surface area (Å²) in [4.78, 5) is 0.931. The Hall–Kier alpha value is -0.950. The molecule has 0 aliphatic heterocycles. The smallest absolute Gasteiger partial charge is 0.0193 e. The van der Waals surface area contributed by atoms with Crippen molar-refractivity contribution in [3.05, 3.63) is 42.0 Å². The first-order chi connectivity index (χ1) is 5.24. The molecular formula is C10H10S. The fourth-order valence-corrected chi connectivity index (χ4v) is 0.990. The van der Waals surface area contributed by atoms with Crippen molar-refractivity contribution in [3.63, 3.8) is 0 Å². The van der Waals surface area contributed by atoms with Crippen molar-refractivity contribution in [1.29, 1.82) is 0 Å². The lowest BCUT2D eigenvalue weighted by Gasteiger charge is -1.97. The van der Waals surface area contributed by atoms with Crippen LogP contribution in [-0.4, -0.2) is 4.86 Å². The van der Waals surface area contributed by atoms with E-state index in [1.54, 1.807) is 0 Å². The maximum Gasteiger partial charge on any atom is 0.0193 e. The molecule has 0 aliphatic carbocycles. The summed E-state index contributed by atoms with van der Waals surface area (Å²) in [6.07, 6.45) is 1.82. The Morgan fingerprint density at radius 3 is 2.27 bits per heavy atom. The number of thiocarbonyl (C=S) groups is 1. The van der Waals surface area contributed by atoms with Gasteiger partial charge in [-0.25, -0.2) is 0 Å². The molecule has 0 radical (unpaired) electrons. The van der Waals surface area contributed by atoms with Gasteiger partial charge in [0.1, 0.15) is 0 Å². The summed E-state index contributed by atoms with van der Waals surface area (Å²) in [7, 11) is 0. The molecule has 0 saturated carbocycles. The summed E-state index contributed by atoms with van der Waals surface area (Å²) in [6, 6.07) is 8.05. The predicted octanol–water partition coefficient (Wildman–Crippen LogP) is 3.07. The molecule has 0 fully saturated rings. The molecule has 0 atom stereocenters. The van der Waals surface area contributed by atoms with Crippen LogP contribution in [0.25, 0.3) is 6.08 Å². The van der Waals surface area contributed by atoms with E-state index in [-0.39, 0.29) is 0 Å². The van der Waals surface area contributed by atoms with E-state index in [9.17, 15) is 0 Å². The standard InChI is InChI=1S/C10H10S/c1-3-9-4-6-10(7-5-9)8(2)11/h3-7H,1H2,2H3. The molecule has 0 nitrogen and oxygen atoms in total. The van der Waals surface area contributed by atoms with E-state index in [0.717, 1.165) is 16.0 Å². The van der Waals surface area contributed by atoms with Gasteiger partial charge in [-0.1, -0.05) is 49.1 Å². The predicted molar refractivity (Wildman–Crippen MR) is 53.9 cm³/mol. The normalized spacial score (nSPS) is 9.18. The van der Waals surface area contributed by atoms with E-state index in [4.69, 9.17) is 12.2 Å². The first-order valence-corrected chi connectivity index (χ1v) is 3.88. The van der Waals surface area contributed by atoms with Crippen LogP contribution in [-0.2, 0) is 0 Å². The highest BCUT2D eigenvalue weighted by Gasteiger charge is 1.92. The summed E-state index contributed by atoms with van der Waals surface area (Å²) in [5.41, 5.74) is 2.25. The highest BCUT2D eigenvalue weighted by molar-refractivity contribution is 7.80. The summed E-state index contributed by atoms with van der Waals surface area (Å²) >= 11 is 5.02. The van der Waals surface area contributed by atoms with E-state index in [2.05, 4.69) is 6.58 Å². The van der Waals surface area contributed by atoms with Gasteiger partial charge in [-0.15, -0.1) is 0 Å². The molecular weight excluding hydrogens is 152 g/mol. The van der Waals surface area contributed by atoms with Crippen LogP contribution in [0, 0.1) is 0 Å². The van der Waals surface area contributed by atoms with Crippen molar-refractivity contribution >= 4 is 23.2 Å². The van der Waals surface area contributed by atoms with Gasteiger partial charge in [0.15, 0.2) is 0 Å². The van der Waals surface area contributed by atoms with Gasteiger partial charge in [0, 0.05) is 4.86 Å². The van der Waals surface area contributed by atoms with Gasteiger partial charge < -0.3 is 0 Å². The van der Waals surface area contributed by atoms with Gasteiger partial charge in [0.2, 0.25) is 0 Å². The molecule has 0 aromatic heterocycles. The lowest BCUT2D eigenvalue weighted by molar-refractivity contribution is 1.62. The summed E-state index contributed by atoms with van der Waals surface area (Å²) in [5.74, 6) is 0. The van der Waals surface area contributed by atoms with Crippen molar-refractivity contribution < 1.29 is 0 Å². The van der Waals surface area contributed by atoms with Crippen molar-refractivity contribution in [1.82, 2.24) is 0 Å². The Bertz CT molecular complexity index is 269. The van der Waals surface area contributed by atoms with Crippen LogP contribution in [0.5, 0.6) is 0 Å². The quantitative estimate of drug-likeness (QED) is 0.475. The molecule has 1 heteroatoms. The molecule has 1 aromatic carbocycles. The van der Waals surface area contributed by atoms with Gasteiger partial charge in [0.05, 0.1) is 0 Å². The average Bonchev–Trinajstić information content (AvgIpc) is 2.05. The lowest BCUT2D eigenvalue weighted by atomic mass is 10.1. The van der Waals surface area contributed by atoms with Crippen LogP contribution < -0.4 is 0 Å². The van der Waals surface area contributed by atoms with E-state index in [1.807, 2.05) is 37.3 Å². The minimum atomic E-state index is 0.931. The molecule has 0 spiro atoms. The van der Waals surface area contributed by atoms with Crippen LogP contribution in [0.3, 0.4) is 0 Å². The molecule has 1 rings (SSSR count). The Labute approximate surface area is 72.6 Å². The lowest BCUT2D eigenvalue weighted by Crippen LogP contribution is -1.88. The van der Waals surface area contributed by atoms with Gasteiger partial charge in [-0.3, -0.25) is 0 Å². The minimum absolute atomic E-state index is 0.931. The number of benzene rings is 1. The third-order valence-electron chi connectivity index (χ3n) is 1.55. The average molecular weight is 162 g/mol. The second kappa shape index (κ2) is 3.44. The van der Waals surface area contributed by atoms with Crippen LogP contribution in [0.2, 0.25) is 0 Å². The Kier molecular flexibility index (Phi) is 2.55. The molecule has 56 valence electrons. The second-order valence-corrected chi connectivity index (χ2v) is 2.99. The minimum Gasteiger partial charge on any atom is -0.0985 e. The summed E-state index contributed by atoms with van der Waals surface area (Å²) in [5, 5.41) is 0. The number of hydrogen-bond acceptors (Lipinski definition) is 1. The van der Waals surface area contributed by atoms with Crippen molar-refractivity contribution in [2.24, 2.45) is 0 Å². The molecule has 0 amide bonds. The first-order valence-electron chi connectivity index (χ1n) is 3.47. The first kappa shape index (κ1) is 8.15. The van der Waals surface area contributed by atoms with E-state index < -0.39 is 0 Å². The third kappa shape index (κ3) is 1.99. The van der Waals surface area contributed by atoms with Crippen LogP contribution in [0.15, 0.2) is 30.8 Å². The van der Waals surface area contributed by atoms with Gasteiger partial charge in [0.25, 0.3) is 0 Å². The van der Waals surface area contributed by atoms with E-state index >= 15 is 0 Å². The molecule has 0 heterocycles. The third-order valence-corrected chi connectivity index (χ3v) is 1.79. The van der Waals surface area contributed by atoms with Crippen molar-refractivity contribution in [2.75, 3.05) is 0 Å². The monoisotopic (exact) mass is 162 g/mol. The highest BCUT2D eigenvalue weighted by atomic mass is 32.1. The van der Waals surface area contributed by atoms with Gasteiger partial charge in [-0.05, 0) is 18.1 Å². The fourth-order valence-electron chi connectivity index (χ4n) is 0.854. The Balaban J connectivity index is 3.00. The van der Waals surface area contributed by atoms with Crippen LogP contribution >= 0.6 is 12.2 Å². The second-order valence-electron chi connectivity index (χ2n) is 2.38. The maximum atomic E-state index is 5.02. The van der Waals surface area contributed by atoms with E-state index in [1.165, 1.54) is 0 Å². The molecule has 11 heavy (non-hydrogen) atoms. The number of rotatable bonds is 2. The van der Waals surface area contributed by atoms with Gasteiger partial charge >= 0.3 is 0 Å². The zero-order chi connectivity index (χ0) is 8.27. The Morgan fingerprint density at radius 1 is 1.36 bits per heavy atom. The Morgan fingerprint density at radius 2 is 1.91 bits per heavy atom. The number of hydrogen-bond donors (Lipinski definition) is 0. The zero-order valence-electron chi connectivity index (χ0n) is 6.50. The highest BCUT2D eigenvalue weighted by Crippen LogP contribution is 2.06. The summed E-state index contributed by atoms with van der Waals surface area (Å²) < 4.78 is 0. The fraction of sp³-hybridized carbons (Fsp3) is 0.100. The molecule has 0 aliphatic rings. The van der Waals surface area contributed by atoms with Crippen molar-refractivity contribution in [2.45, 2.75) is 6.92 Å². The van der Waals surface area contributed by atoms with Crippen molar-refractivity contribution in [3.8, 4) is 0 Å². The van der Waals surface area contributed by atoms with Crippen LogP contribution in [0.1, 0.15) is 18.1 Å². The largest absolute Gasteiger partial charge is 0.0985 e.